The van der Waals surface area contributed by atoms with E-state index in [1.165, 1.54) is 89.9 Å². The van der Waals surface area contributed by atoms with Crippen molar-refractivity contribution >= 4 is 0 Å². The molecule has 0 saturated carbocycles. The highest BCUT2D eigenvalue weighted by Gasteiger charge is 2.05. The summed E-state index contributed by atoms with van der Waals surface area (Å²) in [5.41, 5.74) is 11.2. The molecule has 0 aromatic heterocycles. The van der Waals surface area contributed by atoms with Crippen molar-refractivity contribution in [3.63, 3.8) is 0 Å². The van der Waals surface area contributed by atoms with Crippen molar-refractivity contribution in [3.8, 4) is 0 Å². The summed E-state index contributed by atoms with van der Waals surface area (Å²) in [7, 11) is 0. The molecule has 1 atom stereocenters. The fourth-order valence-corrected chi connectivity index (χ4v) is 3.21. The topological polar surface area (TPSA) is 52.0 Å². The van der Waals surface area contributed by atoms with E-state index in [4.69, 9.17) is 11.5 Å². The predicted molar refractivity (Wildman–Crippen MR) is 105 cm³/mol. The van der Waals surface area contributed by atoms with Gasteiger partial charge in [0.05, 0.1) is 6.17 Å². The van der Waals surface area contributed by atoms with Crippen molar-refractivity contribution in [1.29, 1.82) is 0 Å². The number of hydrogen-bond acceptors (Lipinski definition) is 2. The maximum atomic E-state index is 5.61. The third kappa shape index (κ3) is 17.8. The minimum absolute atomic E-state index is 0.163. The quantitative estimate of drug-likeness (QED) is 0.177. The molecule has 0 aromatic rings. The van der Waals surface area contributed by atoms with Crippen molar-refractivity contribution in [2.75, 3.05) is 0 Å². The Kier molecular flexibility index (Phi) is 17.7. The van der Waals surface area contributed by atoms with Gasteiger partial charge in [-0.2, -0.15) is 0 Å². The van der Waals surface area contributed by atoms with Gasteiger partial charge in [-0.05, 0) is 25.2 Å². The molecule has 0 fully saturated rings. The maximum absolute atomic E-state index is 5.61. The van der Waals surface area contributed by atoms with E-state index in [2.05, 4.69) is 19.6 Å². The molecule has 0 aliphatic carbocycles. The molecule has 4 N–H and O–H groups in total. The Morgan fingerprint density at radius 2 is 1.09 bits per heavy atom. The molecule has 23 heavy (non-hydrogen) atoms. The van der Waals surface area contributed by atoms with Crippen LogP contribution >= 0.6 is 0 Å². The Hall–Kier alpha value is -0.340. The lowest BCUT2D eigenvalue weighted by Gasteiger charge is -2.13. The molecule has 0 heterocycles. The first-order valence-electron chi connectivity index (χ1n) is 10.3. The van der Waals surface area contributed by atoms with Crippen LogP contribution in [0.3, 0.4) is 0 Å². The first-order valence-corrected chi connectivity index (χ1v) is 10.3. The summed E-state index contributed by atoms with van der Waals surface area (Å²) in [6, 6.07) is 0. The molecule has 138 valence electrons. The maximum Gasteiger partial charge on any atom is 0.0521 e. The molecule has 0 bridgehead atoms. The first kappa shape index (κ1) is 22.7. The molecule has 0 rings (SSSR count). The normalized spacial score (nSPS) is 12.7. The number of hydrogen-bond donors (Lipinski definition) is 2. The van der Waals surface area contributed by atoms with Crippen LogP contribution in [0.2, 0.25) is 0 Å². The predicted octanol–water partition coefficient (Wildman–Crippen LogP) is 6.29. The number of allylic oxidation sites excluding steroid dienone is 1. The fraction of sp³-hybridized carbons (Fsp3) is 0.905. The summed E-state index contributed by atoms with van der Waals surface area (Å²) in [6.07, 6.45) is 23.6. The number of rotatable bonds is 18. The highest BCUT2D eigenvalue weighted by molar-refractivity contribution is 4.79. The van der Waals surface area contributed by atoms with Crippen molar-refractivity contribution < 1.29 is 0 Å². The molecule has 0 saturated heterocycles. The Balaban J connectivity index is 3.21. The molecule has 0 aromatic carbocycles. The lowest BCUT2D eigenvalue weighted by molar-refractivity contribution is 0.457. The van der Waals surface area contributed by atoms with Crippen LogP contribution in [-0.2, 0) is 0 Å². The van der Waals surface area contributed by atoms with E-state index >= 15 is 0 Å². The van der Waals surface area contributed by atoms with E-state index in [1.807, 2.05) is 0 Å². The van der Waals surface area contributed by atoms with Crippen LogP contribution in [0.5, 0.6) is 0 Å². The van der Waals surface area contributed by atoms with E-state index in [0.29, 0.717) is 5.92 Å². The number of nitrogens with two attached hydrogens (primary N) is 2. The van der Waals surface area contributed by atoms with Crippen molar-refractivity contribution in [1.82, 2.24) is 0 Å². The third-order valence-electron chi connectivity index (χ3n) is 4.88. The zero-order valence-electron chi connectivity index (χ0n) is 15.9. The summed E-state index contributed by atoms with van der Waals surface area (Å²) in [5.74, 6) is 0.609. The van der Waals surface area contributed by atoms with Crippen molar-refractivity contribution in [3.05, 3.63) is 12.7 Å². The lowest BCUT2D eigenvalue weighted by atomic mass is 9.95. The second-order valence-electron chi connectivity index (χ2n) is 7.27. The molecule has 0 amide bonds. The van der Waals surface area contributed by atoms with Crippen molar-refractivity contribution in [2.45, 2.75) is 116 Å². The third-order valence-corrected chi connectivity index (χ3v) is 4.88. The minimum atomic E-state index is -0.163. The smallest absolute Gasteiger partial charge is 0.0521 e. The fourth-order valence-electron chi connectivity index (χ4n) is 3.21. The van der Waals surface area contributed by atoms with Gasteiger partial charge in [-0.25, -0.2) is 0 Å². The van der Waals surface area contributed by atoms with Crippen LogP contribution in [0, 0.1) is 5.92 Å². The van der Waals surface area contributed by atoms with Crippen LogP contribution in [-0.4, -0.2) is 6.17 Å². The van der Waals surface area contributed by atoms with E-state index in [0.717, 1.165) is 12.8 Å². The molecule has 0 aliphatic rings. The first-order chi connectivity index (χ1) is 11.2. The van der Waals surface area contributed by atoms with E-state index in [-0.39, 0.29) is 6.17 Å². The van der Waals surface area contributed by atoms with Gasteiger partial charge in [0, 0.05) is 0 Å². The highest BCUT2D eigenvalue weighted by Crippen LogP contribution is 2.18. The molecule has 0 radical (unpaired) electrons. The van der Waals surface area contributed by atoms with Gasteiger partial charge < -0.3 is 11.5 Å². The SMILES string of the molecule is C=CC(CCCCCCCCCCCCCCC)CCC(N)N. The van der Waals surface area contributed by atoms with Crippen LogP contribution < -0.4 is 11.5 Å². The van der Waals surface area contributed by atoms with Gasteiger partial charge in [0.25, 0.3) is 0 Å². The monoisotopic (exact) mass is 324 g/mol. The molecule has 2 heteroatoms. The molecule has 1 unspecified atom stereocenters. The Bertz CT molecular complexity index is 238. The second kappa shape index (κ2) is 18.0. The van der Waals surface area contributed by atoms with Crippen LogP contribution in [0.25, 0.3) is 0 Å². The zero-order valence-corrected chi connectivity index (χ0v) is 15.9. The van der Waals surface area contributed by atoms with Crippen LogP contribution in [0.4, 0.5) is 0 Å². The van der Waals surface area contributed by atoms with Crippen molar-refractivity contribution in [2.24, 2.45) is 17.4 Å². The average Bonchev–Trinajstić information content (AvgIpc) is 2.54. The Morgan fingerprint density at radius 3 is 1.48 bits per heavy atom. The van der Waals surface area contributed by atoms with Gasteiger partial charge in [0.15, 0.2) is 0 Å². The number of unbranched alkanes of at least 4 members (excludes halogenated alkanes) is 12. The molecule has 0 aliphatic heterocycles. The van der Waals surface area contributed by atoms with E-state index in [9.17, 15) is 0 Å². The zero-order chi connectivity index (χ0) is 17.2. The largest absolute Gasteiger partial charge is 0.316 e. The lowest BCUT2D eigenvalue weighted by Crippen LogP contribution is -2.30. The summed E-state index contributed by atoms with van der Waals surface area (Å²) in [4.78, 5) is 0. The van der Waals surface area contributed by atoms with Gasteiger partial charge in [0.1, 0.15) is 0 Å². The van der Waals surface area contributed by atoms with E-state index < -0.39 is 0 Å². The highest BCUT2D eigenvalue weighted by atomic mass is 14.8. The Morgan fingerprint density at radius 1 is 0.652 bits per heavy atom. The van der Waals surface area contributed by atoms with Gasteiger partial charge in [-0.1, -0.05) is 96.5 Å². The Labute approximate surface area is 146 Å². The summed E-state index contributed by atoms with van der Waals surface area (Å²) in [5, 5.41) is 0. The standard InChI is InChI=1S/C21H44N2/c1-3-5-6-7-8-9-10-11-12-13-14-15-16-17-20(4-2)18-19-21(22)23/h4,20-21H,2-3,5-19,22-23H2,1H3. The molecular weight excluding hydrogens is 280 g/mol. The van der Waals surface area contributed by atoms with Gasteiger partial charge in [-0.3, -0.25) is 0 Å². The summed E-state index contributed by atoms with van der Waals surface area (Å²) >= 11 is 0. The second-order valence-corrected chi connectivity index (χ2v) is 7.27. The summed E-state index contributed by atoms with van der Waals surface area (Å²) in [6.45, 7) is 6.22. The molecular formula is C21H44N2. The summed E-state index contributed by atoms with van der Waals surface area (Å²) < 4.78 is 0. The van der Waals surface area contributed by atoms with Gasteiger partial charge >= 0.3 is 0 Å². The van der Waals surface area contributed by atoms with Gasteiger partial charge in [-0.15, -0.1) is 6.58 Å². The van der Waals surface area contributed by atoms with Crippen LogP contribution in [0.15, 0.2) is 12.7 Å². The van der Waals surface area contributed by atoms with Gasteiger partial charge in [0.2, 0.25) is 0 Å². The van der Waals surface area contributed by atoms with E-state index in [1.54, 1.807) is 0 Å². The minimum Gasteiger partial charge on any atom is -0.316 e. The van der Waals surface area contributed by atoms with Crippen LogP contribution in [0.1, 0.15) is 110 Å². The molecule has 0 spiro atoms. The molecule has 2 nitrogen and oxygen atoms in total. The average molecular weight is 325 g/mol.